The fraction of sp³-hybridized carbons (Fsp3) is 0.263. The molecule has 4 nitrogen and oxygen atoms in total. The lowest BCUT2D eigenvalue weighted by atomic mass is 10.1. The van der Waals surface area contributed by atoms with Gasteiger partial charge in [0.05, 0.1) is 5.75 Å². The van der Waals surface area contributed by atoms with Crippen LogP contribution in [-0.2, 0) is 9.59 Å². The van der Waals surface area contributed by atoms with Gasteiger partial charge in [0, 0.05) is 11.4 Å². The Kier molecular flexibility index (Phi) is 5.53. The lowest BCUT2D eigenvalue weighted by Gasteiger charge is -2.25. The van der Waals surface area contributed by atoms with E-state index in [-0.39, 0.29) is 23.0 Å². The summed E-state index contributed by atoms with van der Waals surface area (Å²) in [6.45, 7) is 3.29. The van der Waals surface area contributed by atoms with Gasteiger partial charge in [-0.15, -0.1) is 23.4 Å². The van der Waals surface area contributed by atoms with Gasteiger partial charge in [0.2, 0.25) is 11.8 Å². The zero-order chi connectivity index (χ0) is 18.8. The van der Waals surface area contributed by atoms with Gasteiger partial charge in [-0.05, 0) is 49.2 Å². The summed E-state index contributed by atoms with van der Waals surface area (Å²) in [6.07, 6.45) is 0. The molecule has 2 aromatic carbocycles. The van der Waals surface area contributed by atoms with E-state index in [9.17, 15) is 14.0 Å². The molecule has 1 saturated heterocycles. The van der Waals surface area contributed by atoms with Crippen LogP contribution in [0.4, 0.5) is 15.8 Å². The second-order valence-corrected chi connectivity index (χ2v) is 7.81. The third-order valence-electron chi connectivity index (χ3n) is 4.13. The van der Waals surface area contributed by atoms with E-state index in [0.29, 0.717) is 22.7 Å². The van der Waals surface area contributed by atoms with Crippen molar-refractivity contribution in [3.8, 4) is 0 Å². The Hall–Kier alpha value is -2.05. The molecule has 1 aliphatic rings. The predicted octanol–water partition coefficient (Wildman–Crippen LogP) is 4.48. The minimum atomic E-state index is -0.621. The number of thioether (sulfide) groups is 1. The molecule has 3 rings (SSSR count). The number of halogens is 2. The summed E-state index contributed by atoms with van der Waals surface area (Å²) in [4.78, 5) is 25.6. The molecule has 7 heteroatoms. The molecule has 1 heterocycles. The summed E-state index contributed by atoms with van der Waals surface area (Å²) in [6, 6.07) is 12.1. The molecule has 0 spiro atoms. The topological polar surface area (TPSA) is 49.4 Å². The first kappa shape index (κ1) is 18.7. The first-order chi connectivity index (χ1) is 12.4. The van der Waals surface area contributed by atoms with E-state index in [1.807, 2.05) is 12.1 Å². The molecular weight excluding hydrogens is 375 g/mol. The van der Waals surface area contributed by atoms with Crippen LogP contribution < -0.4 is 10.2 Å². The second-order valence-electron chi connectivity index (χ2n) is 6.09. The summed E-state index contributed by atoms with van der Waals surface area (Å²) in [5, 5.41) is 1.86. The Morgan fingerprint density at radius 2 is 2.00 bits per heavy atom. The number of anilines is 2. The van der Waals surface area contributed by atoms with Gasteiger partial charge < -0.3 is 5.32 Å². The highest BCUT2D eigenvalue weighted by Crippen LogP contribution is 2.42. The van der Waals surface area contributed by atoms with Crippen LogP contribution >= 0.6 is 23.4 Å². The van der Waals surface area contributed by atoms with E-state index < -0.39 is 5.38 Å². The molecule has 2 atom stereocenters. The van der Waals surface area contributed by atoms with Crippen molar-refractivity contribution in [3.63, 3.8) is 0 Å². The number of benzene rings is 2. The minimum absolute atomic E-state index is 0.0587. The molecule has 136 valence electrons. The molecule has 1 fully saturated rings. The van der Waals surface area contributed by atoms with E-state index >= 15 is 0 Å². The fourth-order valence-corrected chi connectivity index (χ4v) is 3.89. The largest absolute Gasteiger partial charge is 0.325 e. The lowest BCUT2D eigenvalue weighted by molar-refractivity contribution is -0.116. The number of rotatable bonds is 4. The SMILES string of the molecule is Cc1ccc(N2C(=O)CS[C@H]2c2ccc(NC(=O)[C@H](C)Cl)cc2)cc1F. The highest BCUT2D eigenvalue weighted by molar-refractivity contribution is 8.00. The third kappa shape index (κ3) is 3.86. The lowest BCUT2D eigenvalue weighted by Crippen LogP contribution is -2.28. The number of carbonyl (C=O) groups is 2. The molecule has 1 aliphatic heterocycles. The zero-order valence-corrected chi connectivity index (χ0v) is 15.9. The van der Waals surface area contributed by atoms with Gasteiger partial charge in [-0.2, -0.15) is 0 Å². The van der Waals surface area contributed by atoms with Crippen LogP contribution in [0, 0.1) is 12.7 Å². The second kappa shape index (κ2) is 7.68. The van der Waals surface area contributed by atoms with E-state index in [4.69, 9.17) is 11.6 Å². The van der Waals surface area contributed by atoms with E-state index in [1.54, 1.807) is 43.0 Å². The van der Waals surface area contributed by atoms with Gasteiger partial charge in [0.25, 0.3) is 0 Å². The maximum Gasteiger partial charge on any atom is 0.242 e. The number of hydrogen-bond donors (Lipinski definition) is 1. The number of nitrogens with zero attached hydrogens (tertiary/aromatic N) is 1. The van der Waals surface area contributed by atoms with Crippen molar-refractivity contribution in [2.24, 2.45) is 0 Å². The van der Waals surface area contributed by atoms with Crippen LogP contribution in [-0.4, -0.2) is 22.9 Å². The van der Waals surface area contributed by atoms with Crippen molar-refractivity contribution in [3.05, 3.63) is 59.4 Å². The molecule has 0 aliphatic carbocycles. The first-order valence-electron chi connectivity index (χ1n) is 8.11. The maximum atomic E-state index is 13.9. The van der Waals surface area contributed by atoms with Crippen molar-refractivity contribution in [1.82, 2.24) is 0 Å². The quantitative estimate of drug-likeness (QED) is 0.780. The summed E-state index contributed by atoms with van der Waals surface area (Å²) in [7, 11) is 0. The van der Waals surface area contributed by atoms with Crippen molar-refractivity contribution in [1.29, 1.82) is 0 Å². The molecule has 1 N–H and O–H groups in total. The molecule has 0 saturated carbocycles. The van der Waals surface area contributed by atoms with Gasteiger partial charge in [-0.1, -0.05) is 18.2 Å². The van der Waals surface area contributed by atoms with Gasteiger partial charge >= 0.3 is 0 Å². The van der Waals surface area contributed by atoms with Crippen LogP contribution in [0.2, 0.25) is 0 Å². The number of nitrogens with one attached hydrogen (secondary N) is 1. The van der Waals surface area contributed by atoms with E-state index in [2.05, 4.69) is 5.32 Å². The molecule has 2 aromatic rings. The minimum Gasteiger partial charge on any atom is -0.325 e. The van der Waals surface area contributed by atoms with Gasteiger partial charge in [-0.25, -0.2) is 4.39 Å². The maximum absolute atomic E-state index is 13.9. The first-order valence-corrected chi connectivity index (χ1v) is 9.60. The molecule has 0 bridgehead atoms. The van der Waals surface area contributed by atoms with Gasteiger partial charge in [0.1, 0.15) is 16.6 Å². The highest BCUT2D eigenvalue weighted by Gasteiger charge is 2.34. The van der Waals surface area contributed by atoms with Crippen LogP contribution in [0.3, 0.4) is 0 Å². The van der Waals surface area contributed by atoms with Gasteiger partial charge in [0.15, 0.2) is 0 Å². The van der Waals surface area contributed by atoms with E-state index in [1.165, 1.54) is 17.8 Å². The summed E-state index contributed by atoms with van der Waals surface area (Å²) in [5.41, 5.74) is 2.62. The molecule has 2 amide bonds. The molecule has 0 unspecified atom stereocenters. The summed E-state index contributed by atoms with van der Waals surface area (Å²) >= 11 is 7.24. The number of alkyl halides is 1. The molecule has 0 radical (unpaired) electrons. The Morgan fingerprint density at radius 1 is 1.31 bits per heavy atom. The third-order valence-corrected chi connectivity index (χ3v) is 5.54. The predicted molar refractivity (Wildman–Crippen MR) is 104 cm³/mol. The Morgan fingerprint density at radius 3 is 2.62 bits per heavy atom. The number of carbonyl (C=O) groups excluding carboxylic acids is 2. The standard InChI is InChI=1S/C19H18ClFN2O2S/c1-11-3-8-15(9-16(11)21)23-17(24)10-26-19(23)13-4-6-14(7-5-13)22-18(25)12(2)20/h3-9,12,19H,10H2,1-2H3,(H,22,25)/t12-,19-/m0/s1. The summed E-state index contributed by atoms with van der Waals surface area (Å²) in [5.74, 6) is -0.333. The van der Waals surface area contributed by atoms with Crippen LogP contribution in [0.25, 0.3) is 0 Å². The van der Waals surface area contributed by atoms with Crippen molar-refractivity contribution in [2.75, 3.05) is 16.0 Å². The van der Waals surface area contributed by atoms with Crippen molar-refractivity contribution < 1.29 is 14.0 Å². The normalized spacial score (nSPS) is 18.1. The Balaban J connectivity index is 1.84. The van der Waals surface area contributed by atoms with Crippen molar-refractivity contribution in [2.45, 2.75) is 24.6 Å². The van der Waals surface area contributed by atoms with Crippen LogP contribution in [0.15, 0.2) is 42.5 Å². The number of hydrogen-bond acceptors (Lipinski definition) is 3. The van der Waals surface area contributed by atoms with E-state index in [0.717, 1.165) is 5.56 Å². The molecule has 26 heavy (non-hydrogen) atoms. The number of aryl methyl sites for hydroxylation is 1. The van der Waals surface area contributed by atoms with Crippen LogP contribution in [0.1, 0.15) is 23.4 Å². The smallest absolute Gasteiger partial charge is 0.242 e. The van der Waals surface area contributed by atoms with Crippen LogP contribution in [0.5, 0.6) is 0 Å². The summed E-state index contributed by atoms with van der Waals surface area (Å²) < 4.78 is 13.9. The monoisotopic (exact) mass is 392 g/mol. The Bertz CT molecular complexity index is 842. The average Bonchev–Trinajstić information content (AvgIpc) is 2.99. The zero-order valence-electron chi connectivity index (χ0n) is 14.3. The fourth-order valence-electron chi connectivity index (χ4n) is 2.65. The highest BCUT2D eigenvalue weighted by atomic mass is 35.5. The average molecular weight is 393 g/mol. The van der Waals surface area contributed by atoms with Crippen molar-refractivity contribution >= 4 is 46.6 Å². The Labute approximate surface area is 160 Å². The molecule has 0 aromatic heterocycles. The van der Waals surface area contributed by atoms with Gasteiger partial charge in [-0.3, -0.25) is 14.5 Å². The molecular formula is C19H18ClFN2O2S. The number of amides is 2.